The van der Waals surface area contributed by atoms with Gasteiger partial charge in [0, 0.05) is 25.3 Å². The molecule has 0 radical (unpaired) electrons. The fourth-order valence-electron chi connectivity index (χ4n) is 3.08. The van der Waals surface area contributed by atoms with Crippen LogP contribution in [0.3, 0.4) is 0 Å². The van der Waals surface area contributed by atoms with Crippen LogP contribution in [-0.4, -0.2) is 41.5 Å². The number of amides is 1. The van der Waals surface area contributed by atoms with Crippen LogP contribution in [0.1, 0.15) is 28.9 Å². The number of nitrogens with one attached hydrogen (secondary N) is 1. The van der Waals surface area contributed by atoms with Crippen molar-refractivity contribution in [2.24, 2.45) is 5.92 Å². The minimum Gasteiger partial charge on any atom is -0.337 e. The van der Waals surface area contributed by atoms with E-state index in [0.29, 0.717) is 25.0 Å². The number of fused-ring (bicyclic) bond motifs is 1. The Kier molecular flexibility index (Phi) is 3.61. The van der Waals surface area contributed by atoms with Gasteiger partial charge in [0.2, 0.25) is 0 Å². The minimum atomic E-state index is -4.43. The zero-order valence-corrected chi connectivity index (χ0v) is 11.4. The Bertz CT molecular complexity index is 529. The van der Waals surface area contributed by atoms with Gasteiger partial charge in [-0.2, -0.15) is 13.2 Å². The number of carbonyl (C=O) groups is 1. The van der Waals surface area contributed by atoms with Gasteiger partial charge in [0.25, 0.3) is 5.91 Å². The van der Waals surface area contributed by atoms with Crippen molar-refractivity contribution in [1.82, 2.24) is 15.2 Å². The predicted molar refractivity (Wildman–Crippen MR) is 69.7 cm³/mol. The number of rotatable bonds is 1. The van der Waals surface area contributed by atoms with Crippen molar-refractivity contribution in [2.75, 3.05) is 19.6 Å². The summed E-state index contributed by atoms with van der Waals surface area (Å²) in [4.78, 5) is 17.7. The minimum absolute atomic E-state index is 0.0763. The molecular weight excluding hydrogens is 283 g/mol. The summed E-state index contributed by atoms with van der Waals surface area (Å²) in [5.41, 5.74) is -0.759. The monoisotopic (exact) mass is 299 g/mol. The third kappa shape index (κ3) is 2.88. The molecule has 3 rings (SSSR count). The van der Waals surface area contributed by atoms with E-state index in [1.54, 1.807) is 4.90 Å². The van der Waals surface area contributed by atoms with Crippen molar-refractivity contribution in [1.29, 1.82) is 0 Å². The van der Waals surface area contributed by atoms with E-state index in [0.717, 1.165) is 37.7 Å². The van der Waals surface area contributed by atoms with Crippen LogP contribution >= 0.6 is 0 Å². The fraction of sp³-hybridized carbons (Fsp3) is 0.571. The molecule has 1 N–H and O–H groups in total. The second-order valence-electron chi connectivity index (χ2n) is 5.58. The number of pyridine rings is 1. The third-order valence-corrected chi connectivity index (χ3v) is 4.25. The van der Waals surface area contributed by atoms with Crippen molar-refractivity contribution in [2.45, 2.75) is 25.1 Å². The van der Waals surface area contributed by atoms with E-state index >= 15 is 0 Å². The first kappa shape index (κ1) is 14.3. The van der Waals surface area contributed by atoms with Gasteiger partial charge < -0.3 is 10.2 Å². The van der Waals surface area contributed by atoms with Crippen LogP contribution in [0.5, 0.6) is 0 Å². The fourth-order valence-corrected chi connectivity index (χ4v) is 3.08. The normalized spacial score (nSPS) is 25.8. The number of carbonyl (C=O) groups excluding carboxylic acids is 1. The Balaban J connectivity index is 1.70. The molecule has 21 heavy (non-hydrogen) atoms. The topological polar surface area (TPSA) is 45.2 Å². The highest BCUT2D eigenvalue weighted by molar-refractivity contribution is 5.92. The summed E-state index contributed by atoms with van der Waals surface area (Å²) in [5, 5.41) is 3.40. The molecule has 0 saturated carbocycles. The zero-order valence-electron chi connectivity index (χ0n) is 11.4. The average molecular weight is 299 g/mol. The van der Waals surface area contributed by atoms with Gasteiger partial charge in [-0.3, -0.25) is 9.78 Å². The van der Waals surface area contributed by atoms with Crippen LogP contribution in [0.2, 0.25) is 0 Å². The zero-order chi connectivity index (χ0) is 15.0. The second-order valence-corrected chi connectivity index (χ2v) is 5.58. The molecule has 1 aromatic heterocycles. The molecule has 1 amide bonds. The molecule has 1 aromatic rings. The van der Waals surface area contributed by atoms with Crippen LogP contribution in [0.25, 0.3) is 0 Å². The van der Waals surface area contributed by atoms with Gasteiger partial charge >= 0.3 is 6.18 Å². The number of alkyl halides is 3. The Morgan fingerprint density at radius 3 is 2.81 bits per heavy atom. The molecular formula is C14H16F3N3O. The number of likely N-dealkylation sites (tertiary alicyclic amines) is 1. The van der Waals surface area contributed by atoms with Gasteiger partial charge in [-0.25, -0.2) is 0 Å². The molecule has 3 heterocycles. The Morgan fingerprint density at radius 1 is 1.33 bits per heavy atom. The average Bonchev–Trinajstić information content (AvgIpc) is 2.93. The maximum atomic E-state index is 12.5. The number of aromatic nitrogens is 1. The number of halogens is 3. The number of piperidine rings is 1. The lowest BCUT2D eigenvalue weighted by atomic mass is 9.93. The van der Waals surface area contributed by atoms with Crippen LogP contribution in [-0.2, 0) is 6.18 Å². The number of hydrogen-bond acceptors (Lipinski definition) is 3. The van der Waals surface area contributed by atoms with Gasteiger partial charge in [-0.15, -0.1) is 0 Å². The van der Waals surface area contributed by atoms with E-state index in [2.05, 4.69) is 10.3 Å². The molecule has 114 valence electrons. The van der Waals surface area contributed by atoms with Crippen LogP contribution < -0.4 is 5.32 Å². The maximum absolute atomic E-state index is 12.5. The lowest BCUT2D eigenvalue weighted by Gasteiger charge is -2.34. The third-order valence-electron chi connectivity index (χ3n) is 4.25. The summed E-state index contributed by atoms with van der Waals surface area (Å²) < 4.78 is 37.4. The van der Waals surface area contributed by atoms with Crippen LogP contribution in [0.4, 0.5) is 13.2 Å². The summed E-state index contributed by atoms with van der Waals surface area (Å²) in [6.07, 6.45) is -1.79. The van der Waals surface area contributed by atoms with E-state index in [4.69, 9.17) is 0 Å². The quantitative estimate of drug-likeness (QED) is 0.862. The Hall–Kier alpha value is -1.63. The highest BCUT2D eigenvalue weighted by Gasteiger charge is 2.35. The molecule has 7 heteroatoms. The molecule has 2 unspecified atom stereocenters. The Morgan fingerprint density at radius 2 is 2.14 bits per heavy atom. The smallest absolute Gasteiger partial charge is 0.337 e. The van der Waals surface area contributed by atoms with E-state index < -0.39 is 11.7 Å². The molecule has 0 spiro atoms. The van der Waals surface area contributed by atoms with Crippen molar-refractivity contribution in [3.8, 4) is 0 Å². The summed E-state index contributed by atoms with van der Waals surface area (Å²) in [6.45, 7) is 2.24. The van der Waals surface area contributed by atoms with Gasteiger partial charge in [0.05, 0.1) is 5.56 Å². The van der Waals surface area contributed by atoms with Crippen molar-refractivity contribution in [3.63, 3.8) is 0 Å². The second kappa shape index (κ2) is 5.29. The largest absolute Gasteiger partial charge is 0.417 e. The maximum Gasteiger partial charge on any atom is 0.417 e. The van der Waals surface area contributed by atoms with Crippen molar-refractivity contribution in [3.05, 3.63) is 29.6 Å². The standard InChI is InChI=1S/C14H16F3N3O/c15-14(16,17)10-1-2-12(19-7-10)13(21)20-6-4-11-9(8-20)3-5-18-11/h1-2,7,9,11,18H,3-6,8H2. The van der Waals surface area contributed by atoms with Crippen molar-refractivity contribution >= 4 is 5.91 Å². The van der Waals surface area contributed by atoms with Gasteiger partial charge in [0.15, 0.2) is 0 Å². The lowest BCUT2D eigenvalue weighted by molar-refractivity contribution is -0.137. The van der Waals surface area contributed by atoms with Crippen LogP contribution in [0.15, 0.2) is 18.3 Å². The molecule has 2 saturated heterocycles. The molecule has 2 atom stereocenters. The first-order valence-corrected chi connectivity index (χ1v) is 7.01. The van der Waals surface area contributed by atoms with E-state index in [1.165, 1.54) is 0 Å². The Labute approximate surface area is 120 Å². The molecule has 2 aliphatic heterocycles. The SMILES string of the molecule is O=C(c1ccc(C(F)(F)F)cn1)N1CCC2NCCC2C1. The van der Waals surface area contributed by atoms with E-state index in [9.17, 15) is 18.0 Å². The number of hydrogen-bond donors (Lipinski definition) is 1. The molecule has 4 nitrogen and oxygen atoms in total. The van der Waals surface area contributed by atoms with E-state index in [1.807, 2.05) is 0 Å². The van der Waals surface area contributed by atoms with Crippen molar-refractivity contribution < 1.29 is 18.0 Å². The predicted octanol–water partition coefficient (Wildman–Crippen LogP) is 1.92. The van der Waals surface area contributed by atoms with Gasteiger partial charge in [0.1, 0.15) is 5.69 Å². The summed E-state index contributed by atoms with van der Waals surface area (Å²) in [6, 6.07) is 2.53. The first-order valence-electron chi connectivity index (χ1n) is 7.01. The summed E-state index contributed by atoms with van der Waals surface area (Å²) >= 11 is 0. The molecule has 2 aliphatic rings. The van der Waals surface area contributed by atoms with Gasteiger partial charge in [-0.1, -0.05) is 0 Å². The van der Waals surface area contributed by atoms with Gasteiger partial charge in [-0.05, 0) is 37.4 Å². The molecule has 0 bridgehead atoms. The van der Waals surface area contributed by atoms with E-state index in [-0.39, 0.29) is 11.6 Å². The molecule has 0 aliphatic carbocycles. The highest BCUT2D eigenvalue weighted by Crippen LogP contribution is 2.29. The van der Waals surface area contributed by atoms with Crippen LogP contribution in [0, 0.1) is 5.92 Å². The first-order chi connectivity index (χ1) is 9.95. The molecule has 0 aromatic carbocycles. The summed E-state index contributed by atoms with van der Waals surface area (Å²) in [5.74, 6) is 0.159. The number of nitrogens with zero attached hydrogens (tertiary/aromatic N) is 2. The lowest BCUT2D eigenvalue weighted by Crippen LogP contribution is -2.47. The summed E-state index contributed by atoms with van der Waals surface area (Å²) in [7, 11) is 0. The molecule has 2 fully saturated rings. The highest BCUT2D eigenvalue weighted by atomic mass is 19.4.